The van der Waals surface area contributed by atoms with Gasteiger partial charge in [0, 0.05) is 18.0 Å². The van der Waals surface area contributed by atoms with Gasteiger partial charge in [0.05, 0.1) is 29.0 Å². The highest BCUT2D eigenvalue weighted by molar-refractivity contribution is 7.91. The van der Waals surface area contributed by atoms with Crippen molar-refractivity contribution < 1.29 is 13.2 Å². The van der Waals surface area contributed by atoms with E-state index in [2.05, 4.69) is 10.4 Å². The van der Waals surface area contributed by atoms with Gasteiger partial charge < -0.3 is 5.32 Å². The second kappa shape index (κ2) is 7.19. The molecule has 0 radical (unpaired) electrons. The first-order valence-corrected chi connectivity index (χ1v) is 10.6. The number of rotatable bonds is 5. The lowest BCUT2D eigenvalue weighted by molar-refractivity contribution is -0.121. The monoisotopic (exact) mass is 377 g/mol. The molecule has 2 heterocycles. The standard InChI is InChI=1S/C18H23N3O4S/c1-12(2)10-21-18(23)15-6-4-3-5-14(15)16(20-21)9-17(22)19-13-7-8-26(24,25)11-13/h3-6,12-13H,7-11H2,1-2H3,(H,19,22). The summed E-state index contributed by atoms with van der Waals surface area (Å²) in [4.78, 5) is 25.0. The summed E-state index contributed by atoms with van der Waals surface area (Å²) < 4.78 is 24.5. The smallest absolute Gasteiger partial charge is 0.274 e. The van der Waals surface area contributed by atoms with E-state index in [0.29, 0.717) is 29.4 Å². The number of amides is 1. The van der Waals surface area contributed by atoms with Gasteiger partial charge in [-0.1, -0.05) is 32.0 Å². The van der Waals surface area contributed by atoms with E-state index in [1.165, 1.54) is 4.68 Å². The lowest BCUT2D eigenvalue weighted by Crippen LogP contribution is -2.37. The summed E-state index contributed by atoms with van der Waals surface area (Å²) in [6.45, 7) is 4.46. The molecule has 2 aromatic rings. The van der Waals surface area contributed by atoms with Crippen molar-refractivity contribution in [2.24, 2.45) is 5.92 Å². The van der Waals surface area contributed by atoms with Crippen LogP contribution in [0.5, 0.6) is 0 Å². The summed E-state index contributed by atoms with van der Waals surface area (Å²) in [7, 11) is -3.05. The predicted molar refractivity (Wildman–Crippen MR) is 99.7 cm³/mol. The van der Waals surface area contributed by atoms with E-state index in [4.69, 9.17) is 0 Å². The van der Waals surface area contributed by atoms with E-state index in [0.717, 1.165) is 0 Å². The van der Waals surface area contributed by atoms with Crippen molar-refractivity contribution in [3.8, 4) is 0 Å². The molecule has 1 amide bonds. The number of hydrogen-bond donors (Lipinski definition) is 1. The summed E-state index contributed by atoms with van der Waals surface area (Å²) in [6.07, 6.45) is 0.449. The lowest BCUT2D eigenvalue weighted by Gasteiger charge is -2.14. The molecule has 140 valence electrons. The second-order valence-corrected chi connectivity index (χ2v) is 9.45. The SMILES string of the molecule is CC(C)Cn1nc(CC(=O)NC2CCS(=O)(=O)C2)c2ccccc2c1=O. The molecule has 3 rings (SSSR count). The number of carbonyl (C=O) groups excluding carboxylic acids is 1. The zero-order valence-corrected chi connectivity index (χ0v) is 15.8. The number of benzene rings is 1. The average molecular weight is 377 g/mol. The summed E-state index contributed by atoms with van der Waals surface area (Å²) in [5, 5.41) is 8.38. The van der Waals surface area contributed by atoms with Crippen LogP contribution in [0.1, 0.15) is 26.0 Å². The fourth-order valence-corrected chi connectivity index (χ4v) is 4.92. The normalized spacial score (nSPS) is 19.1. The Hall–Kier alpha value is -2.22. The molecule has 1 fully saturated rings. The highest BCUT2D eigenvalue weighted by Crippen LogP contribution is 2.15. The third-order valence-electron chi connectivity index (χ3n) is 4.41. The highest BCUT2D eigenvalue weighted by atomic mass is 32.2. The van der Waals surface area contributed by atoms with Gasteiger partial charge in [-0.25, -0.2) is 13.1 Å². The van der Waals surface area contributed by atoms with Crippen molar-refractivity contribution >= 4 is 26.5 Å². The number of nitrogens with zero attached hydrogens (tertiary/aromatic N) is 2. The van der Waals surface area contributed by atoms with Crippen molar-refractivity contribution in [2.75, 3.05) is 11.5 Å². The van der Waals surface area contributed by atoms with Crippen molar-refractivity contribution in [1.82, 2.24) is 15.1 Å². The number of carbonyl (C=O) groups is 1. The first-order chi connectivity index (χ1) is 12.2. The Morgan fingerprint density at radius 1 is 1.31 bits per heavy atom. The Morgan fingerprint density at radius 3 is 2.62 bits per heavy atom. The molecule has 0 saturated carbocycles. The minimum atomic E-state index is -3.05. The molecule has 1 saturated heterocycles. The Bertz CT molecular complexity index is 995. The molecule has 1 N–H and O–H groups in total. The minimum Gasteiger partial charge on any atom is -0.352 e. The molecule has 26 heavy (non-hydrogen) atoms. The quantitative estimate of drug-likeness (QED) is 0.835. The van der Waals surface area contributed by atoms with Crippen LogP contribution in [-0.4, -0.2) is 41.7 Å². The van der Waals surface area contributed by atoms with E-state index in [1.807, 2.05) is 13.8 Å². The number of aromatic nitrogens is 2. The molecule has 0 bridgehead atoms. The molecule has 0 spiro atoms. The van der Waals surface area contributed by atoms with Gasteiger partial charge in [-0.05, 0) is 18.4 Å². The molecule has 1 unspecified atom stereocenters. The average Bonchev–Trinajstić information content (AvgIpc) is 2.90. The number of sulfone groups is 1. The van der Waals surface area contributed by atoms with Gasteiger partial charge in [0.25, 0.3) is 5.56 Å². The maximum Gasteiger partial charge on any atom is 0.274 e. The largest absolute Gasteiger partial charge is 0.352 e. The third-order valence-corrected chi connectivity index (χ3v) is 6.18. The van der Waals surface area contributed by atoms with Gasteiger partial charge in [-0.15, -0.1) is 0 Å². The summed E-state index contributed by atoms with van der Waals surface area (Å²) in [5.74, 6) is 0.0595. The van der Waals surface area contributed by atoms with Crippen LogP contribution in [0.15, 0.2) is 29.1 Å². The summed E-state index contributed by atoms with van der Waals surface area (Å²) in [5.41, 5.74) is 0.361. The number of hydrogen-bond acceptors (Lipinski definition) is 5. The van der Waals surface area contributed by atoms with Gasteiger partial charge in [0.2, 0.25) is 5.91 Å². The number of nitrogens with one attached hydrogen (secondary N) is 1. The molecule has 8 heteroatoms. The zero-order valence-electron chi connectivity index (χ0n) is 14.9. The molecule has 1 atom stereocenters. The molecule has 1 aromatic carbocycles. The van der Waals surface area contributed by atoms with Crippen molar-refractivity contribution in [3.05, 3.63) is 40.3 Å². The minimum absolute atomic E-state index is 0.00936. The van der Waals surface area contributed by atoms with E-state index >= 15 is 0 Å². The van der Waals surface area contributed by atoms with Crippen LogP contribution in [0, 0.1) is 5.92 Å². The van der Waals surface area contributed by atoms with Gasteiger partial charge in [0.15, 0.2) is 9.84 Å². The Labute approximate surface area is 152 Å². The Kier molecular flexibility index (Phi) is 5.13. The lowest BCUT2D eigenvalue weighted by atomic mass is 10.1. The predicted octanol–water partition coefficient (Wildman–Crippen LogP) is 0.898. The Morgan fingerprint density at radius 2 is 2.00 bits per heavy atom. The van der Waals surface area contributed by atoms with Crippen LogP contribution in [0.2, 0.25) is 0 Å². The molecular weight excluding hydrogens is 354 g/mol. The van der Waals surface area contributed by atoms with Crippen LogP contribution >= 0.6 is 0 Å². The zero-order chi connectivity index (χ0) is 18.9. The fraction of sp³-hybridized carbons (Fsp3) is 0.500. The van der Waals surface area contributed by atoms with Crippen molar-refractivity contribution in [3.63, 3.8) is 0 Å². The van der Waals surface area contributed by atoms with E-state index in [1.54, 1.807) is 24.3 Å². The van der Waals surface area contributed by atoms with Crippen molar-refractivity contribution in [1.29, 1.82) is 0 Å². The summed E-state index contributed by atoms with van der Waals surface area (Å²) in [6, 6.07) is 6.77. The first-order valence-electron chi connectivity index (χ1n) is 8.73. The fourth-order valence-electron chi connectivity index (χ4n) is 3.25. The van der Waals surface area contributed by atoms with E-state index in [9.17, 15) is 18.0 Å². The first kappa shape index (κ1) is 18.6. The maximum absolute atomic E-state index is 12.6. The molecule has 0 aliphatic carbocycles. The second-order valence-electron chi connectivity index (χ2n) is 7.22. The molecular formula is C18H23N3O4S. The number of fused-ring (bicyclic) bond motifs is 1. The van der Waals surface area contributed by atoms with Crippen LogP contribution in [-0.2, 0) is 27.6 Å². The van der Waals surface area contributed by atoms with Gasteiger partial charge in [-0.2, -0.15) is 5.10 Å². The summed E-state index contributed by atoms with van der Waals surface area (Å²) >= 11 is 0. The molecule has 1 aliphatic rings. The molecule has 1 aliphatic heterocycles. The highest BCUT2D eigenvalue weighted by Gasteiger charge is 2.29. The van der Waals surface area contributed by atoms with Crippen LogP contribution in [0.4, 0.5) is 0 Å². The van der Waals surface area contributed by atoms with Crippen molar-refractivity contribution in [2.45, 2.75) is 39.3 Å². The molecule has 1 aromatic heterocycles. The topological polar surface area (TPSA) is 98.1 Å². The maximum atomic E-state index is 12.6. The van der Waals surface area contributed by atoms with Gasteiger partial charge in [0.1, 0.15) is 0 Å². The van der Waals surface area contributed by atoms with Crippen LogP contribution in [0.3, 0.4) is 0 Å². The van der Waals surface area contributed by atoms with E-state index < -0.39 is 9.84 Å². The molecule has 7 nitrogen and oxygen atoms in total. The van der Waals surface area contributed by atoms with Gasteiger partial charge in [-0.3, -0.25) is 9.59 Å². The third kappa shape index (κ3) is 4.12. The van der Waals surface area contributed by atoms with Crippen LogP contribution < -0.4 is 10.9 Å². The Balaban J connectivity index is 1.88. The van der Waals surface area contributed by atoms with E-state index in [-0.39, 0.29) is 41.4 Å². The van der Waals surface area contributed by atoms with Gasteiger partial charge >= 0.3 is 0 Å². The van der Waals surface area contributed by atoms with Crippen LogP contribution in [0.25, 0.3) is 10.8 Å².